The van der Waals surface area contributed by atoms with E-state index < -0.39 is 29.9 Å². The van der Waals surface area contributed by atoms with Gasteiger partial charge in [0.2, 0.25) is 0 Å². The van der Waals surface area contributed by atoms with E-state index in [0.29, 0.717) is 50.5 Å². The summed E-state index contributed by atoms with van der Waals surface area (Å²) in [6, 6.07) is 11.5. The quantitative estimate of drug-likeness (QED) is 0.345. The molecule has 4 N–H and O–H groups in total. The van der Waals surface area contributed by atoms with Crippen LogP contribution in [0.2, 0.25) is 0 Å². The summed E-state index contributed by atoms with van der Waals surface area (Å²) >= 11 is 0. The van der Waals surface area contributed by atoms with Gasteiger partial charge in [0.1, 0.15) is 23.6 Å². The van der Waals surface area contributed by atoms with Crippen molar-refractivity contribution in [3.8, 4) is 11.3 Å². The van der Waals surface area contributed by atoms with Crippen LogP contribution >= 0.6 is 0 Å². The van der Waals surface area contributed by atoms with Crippen molar-refractivity contribution in [2.24, 2.45) is 11.7 Å². The van der Waals surface area contributed by atoms with E-state index in [0.717, 1.165) is 23.8 Å². The number of hydrogen-bond acceptors (Lipinski definition) is 5. The van der Waals surface area contributed by atoms with Crippen LogP contribution in [0.5, 0.6) is 0 Å². The zero-order valence-electron chi connectivity index (χ0n) is 23.6. The number of imidazole rings is 1. The van der Waals surface area contributed by atoms with Crippen LogP contribution in [-0.2, 0) is 11.3 Å². The third-order valence-electron chi connectivity index (χ3n) is 7.80. The van der Waals surface area contributed by atoms with Gasteiger partial charge in [-0.3, -0.25) is 4.90 Å². The van der Waals surface area contributed by atoms with Crippen molar-refractivity contribution >= 4 is 6.03 Å². The van der Waals surface area contributed by atoms with Gasteiger partial charge >= 0.3 is 6.03 Å². The molecular formula is C31H37F3N6O2. The molecule has 1 aromatic heterocycles. The molecule has 2 aromatic carbocycles. The Morgan fingerprint density at radius 3 is 2.69 bits per heavy atom. The highest BCUT2D eigenvalue weighted by molar-refractivity contribution is 5.76. The number of ether oxygens (including phenoxy) is 1. The second kappa shape index (κ2) is 13.5. The smallest absolute Gasteiger partial charge is 0.322 e. The number of rotatable bonds is 9. The van der Waals surface area contributed by atoms with Gasteiger partial charge in [-0.05, 0) is 55.0 Å². The number of hydrogen-bond donors (Lipinski definition) is 3. The Kier molecular flexibility index (Phi) is 9.61. The number of halogens is 3. The van der Waals surface area contributed by atoms with Crippen LogP contribution in [0.15, 0.2) is 66.5 Å². The highest BCUT2D eigenvalue weighted by Gasteiger charge is 2.38. The highest BCUT2D eigenvalue weighted by atomic mass is 19.1. The number of amides is 2. The normalized spacial score (nSPS) is 20.0. The summed E-state index contributed by atoms with van der Waals surface area (Å²) in [5.41, 5.74) is 7.49. The van der Waals surface area contributed by atoms with Gasteiger partial charge in [-0.15, -0.1) is 0 Å². The van der Waals surface area contributed by atoms with Crippen LogP contribution < -0.4 is 16.4 Å². The number of carbonyl (C=O) groups excluding carboxylic acids is 1. The molecule has 2 aliphatic heterocycles. The molecule has 2 amide bonds. The molecule has 3 unspecified atom stereocenters. The summed E-state index contributed by atoms with van der Waals surface area (Å²) in [6.07, 6.45) is 3.27. The first-order valence-electron chi connectivity index (χ1n) is 14.3. The van der Waals surface area contributed by atoms with E-state index in [9.17, 15) is 18.0 Å². The minimum Gasteiger partial charge on any atom is -0.381 e. The van der Waals surface area contributed by atoms with Gasteiger partial charge in [-0.25, -0.2) is 22.9 Å². The van der Waals surface area contributed by atoms with Crippen LogP contribution in [0.1, 0.15) is 37.2 Å². The topological polar surface area (TPSA) is 97.4 Å². The van der Waals surface area contributed by atoms with E-state index in [1.54, 1.807) is 19.3 Å². The van der Waals surface area contributed by atoms with E-state index in [2.05, 4.69) is 10.6 Å². The van der Waals surface area contributed by atoms with Gasteiger partial charge in [0.15, 0.2) is 0 Å². The summed E-state index contributed by atoms with van der Waals surface area (Å²) in [5, 5.41) is 5.95. The van der Waals surface area contributed by atoms with E-state index in [1.807, 2.05) is 34.9 Å². The predicted octanol–water partition coefficient (Wildman–Crippen LogP) is 4.53. The average molecular weight is 583 g/mol. The van der Waals surface area contributed by atoms with Crippen LogP contribution in [-0.4, -0.2) is 65.5 Å². The molecule has 11 heteroatoms. The zero-order valence-corrected chi connectivity index (χ0v) is 23.6. The lowest BCUT2D eigenvalue weighted by molar-refractivity contribution is 0.0382. The van der Waals surface area contributed by atoms with Crippen molar-refractivity contribution in [3.05, 3.63) is 89.5 Å². The fourth-order valence-electron chi connectivity index (χ4n) is 5.49. The monoisotopic (exact) mass is 582 g/mol. The summed E-state index contributed by atoms with van der Waals surface area (Å²) in [4.78, 5) is 20.3. The molecule has 3 atom stereocenters. The molecule has 0 radical (unpaired) electrons. The standard InChI is InChI=1S/C31H37F3N6O2/c1-20(14-35)37-31(41)40(18-23-15-36-16-27(23)34)29(22-9-11-42-12-10-22)30-38-28(25-13-24(32)7-8-26(25)33)19-39(30)17-21-5-3-2-4-6-21/h2-8,13,18-20,22,27,29,36H,9-12,14-17,35H2,1H3,(H,37,41). The molecule has 224 valence electrons. The highest BCUT2D eigenvalue weighted by Crippen LogP contribution is 2.38. The lowest BCUT2D eigenvalue weighted by Gasteiger charge is -2.37. The SMILES string of the molecule is CC(CN)NC(=O)N(C=C1CNCC1F)C(c1nc(-c2cc(F)ccc2F)cn1Cc1ccccc1)C1CCOCC1. The molecular weight excluding hydrogens is 545 g/mol. The third kappa shape index (κ3) is 6.86. The van der Waals surface area contributed by atoms with Crippen molar-refractivity contribution in [3.63, 3.8) is 0 Å². The maximum Gasteiger partial charge on any atom is 0.322 e. The second-order valence-corrected chi connectivity index (χ2v) is 10.9. The van der Waals surface area contributed by atoms with E-state index in [-0.39, 0.29) is 36.3 Å². The van der Waals surface area contributed by atoms with E-state index >= 15 is 0 Å². The molecule has 0 saturated carbocycles. The molecule has 0 aliphatic carbocycles. The number of carbonyl (C=O) groups is 1. The van der Waals surface area contributed by atoms with Crippen LogP contribution in [0, 0.1) is 17.6 Å². The lowest BCUT2D eigenvalue weighted by Crippen LogP contribution is -2.48. The molecule has 0 bridgehead atoms. The Morgan fingerprint density at radius 1 is 1.24 bits per heavy atom. The van der Waals surface area contributed by atoms with Crippen molar-refractivity contribution in [2.45, 2.75) is 44.6 Å². The van der Waals surface area contributed by atoms with Crippen molar-refractivity contribution in [1.82, 2.24) is 25.1 Å². The second-order valence-electron chi connectivity index (χ2n) is 10.9. The molecule has 3 aromatic rings. The van der Waals surface area contributed by atoms with Gasteiger partial charge in [0.05, 0.1) is 11.7 Å². The number of benzene rings is 2. The minimum absolute atomic E-state index is 0.0173. The summed E-state index contributed by atoms with van der Waals surface area (Å²) in [5.74, 6) is -0.821. The third-order valence-corrected chi connectivity index (χ3v) is 7.80. The molecule has 2 saturated heterocycles. The molecule has 5 rings (SSSR count). The van der Waals surface area contributed by atoms with Crippen molar-refractivity contribution < 1.29 is 22.7 Å². The number of nitrogens with two attached hydrogens (primary N) is 1. The first kappa shape index (κ1) is 29.8. The summed E-state index contributed by atoms with van der Waals surface area (Å²) in [7, 11) is 0. The summed E-state index contributed by atoms with van der Waals surface area (Å²) < 4.78 is 51.7. The maximum absolute atomic E-state index is 15.0. The fraction of sp³-hybridized carbons (Fsp3) is 0.419. The Labute approximate surface area is 243 Å². The molecule has 3 heterocycles. The first-order chi connectivity index (χ1) is 20.3. The van der Waals surface area contributed by atoms with Crippen molar-refractivity contribution in [2.75, 3.05) is 32.8 Å². The van der Waals surface area contributed by atoms with Gasteiger partial charge in [-0.1, -0.05) is 30.3 Å². The maximum atomic E-state index is 15.0. The molecule has 42 heavy (non-hydrogen) atoms. The Bertz CT molecular complexity index is 1390. The molecule has 0 spiro atoms. The van der Waals surface area contributed by atoms with Gasteiger partial charge < -0.3 is 25.7 Å². The fourth-order valence-corrected chi connectivity index (χ4v) is 5.49. The van der Waals surface area contributed by atoms with E-state index in [1.165, 1.54) is 4.90 Å². The molecule has 2 fully saturated rings. The Balaban J connectivity index is 1.68. The van der Waals surface area contributed by atoms with Gasteiger partial charge in [0, 0.05) is 63.4 Å². The van der Waals surface area contributed by atoms with Gasteiger partial charge in [-0.2, -0.15) is 0 Å². The predicted molar refractivity (Wildman–Crippen MR) is 154 cm³/mol. The van der Waals surface area contributed by atoms with Crippen LogP contribution in [0.4, 0.5) is 18.0 Å². The number of alkyl halides is 1. The minimum atomic E-state index is -1.25. The first-order valence-corrected chi connectivity index (χ1v) is 14.3. The zero-order chi connectivity index (χ0) is 29.6. The number of nitrogens with one attached hydrogen (secondary N) is 2. The summed E-state index contributed by atoms with van der Waals surface area (Å²) in [6.45, 7) is 3.83. The Morgan fingerprint density at radius 2 is 2.00 bits per heavy atom. The number of urea groups is 1. The van der Waals surface area contributed by atoms with Gasteiger partial charge in [0.25, 0.3) is 0 Å². The molecule has 2 aliphatic rings. The number of aromatic nitrogens is 2. The largest absolute Gasteiger partial charge is 0.381 e. The number of nitrogens with zero attached hydrogens (tertiary/aromatic N) is 3. The van der Waals surface area contributed by atoms with Crippen LogP contribution in [0.3, 0.4) is 0 Å². The molecule has 8 nitrogen and oxygen atoms in total. The average Bonchev–Trinajstić information content (AvgIpc) is 3.60. The lowest BCUT2D eigenvalue weighted by atomic mass is 9.89. The van der Waals surface area contributed by atoms with E-state index in [4.69, 9.17) is 15.5 Å². The Hall–Kier alpha value is -3.67. The van der Waals surface area contributed by atoms with Crippen LogP contribution in [0.25, 0.3) is 11.3 Å². The van der Waals surface area contributed by atoms with Crippen molar-refractivity contribution in [1.29, 1.82) is 0 Å².